The summed E-state index contributed by atoms with van der Waals surface area (Å²) in [6.45, 7) is 4.83. The van der Waals surface area contributed by atoms with E-state index in [1.807, 2.05) is 6.08 Å². The van der Waals surface area contributed by atoms with Gasteiger partial charge in [-0.15, -0.1) is 0 Å². The zero-order chi connectivity index (χ0) is 43.7. The summed E-state index contributed by atoms with van der Waals surface area (Å²) in [5, 5.41) is 22.9. The van der Waals surface area contributed by atoms with Gasteiger partial charge in [0.25, 0.3) is 0 Å². The molecule has 2 unspecified atom stereocenters. The van der Waals surface area contributed by atoms with Crippen LogP contribution >= 0.6 is 0 Å². The van der Waals surface area contributed by atoms with Gasteiger partial charge in [0.2, 0.25) is 5.91 Å². The number of aliphatic hydroxyl groups is 2. The Balaban J connectivity index is 3.41. The minimum atomic E-state index is -0.848. The second-order valence-corrected chi connectivity index (χ2v) is 17.9. The molecule has 0 aromatic carbocycles. The van der Waals surface area contributed by atoms with Gasteiger partial charge >= 0.3 is 5.97 Å². The Morgan fingerprint density at radius 3 is 1.30 bits per heavy atom. The molecule has 0 spiro atoms. The van der Waals surface area contributed by atoms with Crippen LogP contribution in [0.15, 0.2) is 36.5 Å². The van der Waals surface area contributed by atoms with E-state index in [0.29, 0.717) is 19.4 Å². The van der Waals surface area contributed by atoms with E-state index < -0.39 is 12.1 Å². The second kappa shape index (κ2) is 49.7. The quantitative estimate of drug-likeness (QED) is 0.0322. The zero-order valence-electron chi connectivity index (χ0n) is 39.9. The summed E-state index contributed by atoms with van der Waals surface area (Å²) in [5.41, 5.74) is 0. The van der Waals surface area contributed by atoms with Gasteiger partial charge in [-0.2, -0.15) is 0 Å². The first-order chi connectivity index (χ1) is 29.5. The number of carbonyl (C=O) groups is 2. The van der Waals surface area contributed by atoms with E-state index >= 15 is 0 Å². The minimum absolute atomic E-state index is 0.00510. The predicted octanol–water partition coefficient (Wildman–Crippen LogP) is 15.7. The summed E-state index contributed by atoms with van der Waals surface area (Å²) < 4.78 is 5.48. The van der Waals surface area contributed by atoms with Crippen molar-refractivity contribution in [3.05, 3.63) is 36.5 Å². The van der Waals surface area contributed by atoms with Crippen LogP contribution in [0.1, 0.15) is 271 Å². The van der Waals surface area contributed by atoms with E-state index in [0.717, 1.165) is 64.2 Å². The Morgan fingerprint density at radius 1 is 0.467 bits per heavy atom. The standard InChI is InChI=1S/C54H101NO5/c1-3-5-7-9-11-13-14-15-16-17-18-19-22-25-28-32-36-40-44-48-54(59)60-49-45-41-37-33-29-26-23-20-21-24-27-31-35-39-43-47-53(58)55-51(50-56)52(57)46-42-38-34-30-12-10-8-6-4-2/h11,13,15-16,42,46,51-52,56-57H,3-10,12,14,17-41,43-45,47-50H2,1-2H3,(H,55,58)/b13-11-,16-15-,46-42+. The van der Waals surface area contributed by atoms with Crippen LogP contribution in [-0.2, 0) is 14.3 Å². The van der Waals surface area contributed by atoms with E-state index in [-0.39, 0.29) is 18.5 Å². The summed E-state index contributed by atoms with van der Waals surface area (Å²) in [4.78, 5) is 24.4. The molecule has 352 valence electrons. The zero-order valence-corrected chi connectivity index (χ0v) is 39.9. The largest absolute Gasteiger partial charge is 0.466 e. The van der Waals surface area contributed by atoms with Gasteiger partial charge in [-0.25, -0.2) is 0 Å². The van der Waals surface area contributed by atoms with Crippen molar-refractivity contribution in [2.75, 3.05) is 13.2 Å². The molecule has 0 aromatic heterocycles. The molecule has 0 saturated carbocycles. The number of rotatable bonds is 48. The molecule has 0 aliphatic carbocycles. The molecular formula is C54H101NO5. The van der Waals surface area contributed by atoms with E-state index in [9.17, 15) is 19.8 Å². The van der Waals surface area contributed by atoms with Crippen molar-refractivity contribution in [3.8, 4) is 0 Å². The summed E-state index contributed by atoms with van der Waals surface area (Å²) >= 11 is 0. The van der Waals surface area contributed by atoms with Crippen LogP contribution in [0.4, 0.5) is 0 Å². The van der Waals surface area contributed by atoms with Crippen LogP contribution in [0.2, 0.25) is 0 Å². The van der Waals surface area contributed by atoms with Gasteiger partial charge in [-0.05, 0) is 64.2 Å². The van der Waals surface area contributed by atoms with Crippen molar-refractivity contribution in [1.82, 2.24) is 5.32 Å². The first-order valence-electron chi connectivity index (χ1n) is 26.3. The summed E-state index contributed by atoms with van der Waals surface area (Å²) in [5.74, 6) is -0.0851. The molecular weight excluding hydrogens is 743 g/mol. The number of unbranched alkanes of at least 4 members (excludes halogenated alkanes) is 33. The van der Waals surface area contributed by atoms with Crippen LogP contribution in [0.25, 0.3) is 0 Å². The Labute approximate surface area is 373 Å². The number of nitrogens with one attached hydrogen (secondary N) is 1. The second-order valence-electron chi connectivity index (χ2n) is 17.9. The van der Waals surface area contributed by atoms with Gasteiger partial charge in [-0.3, -0.25) is 9.59 Å². The molecule has 2 atom stereocenters. The van der Waals surface area contributed by atoms with Gasteiger partial charge in [-0.1, -0.05) is 230 Å². The first-order valence-corrected chi connectivity index (χ1v) is 26.3. The van der Waals surface area contributed by atoms with E-state index in [2.05, 4.69) is 43.5 Å². The normalized spacial score (nSPS) is 12.9. The van der Waals surface area contributed by atoms with Crippen LogP contribution < -0.4 is 5.32 Å². The van der Waals surface area contributed by atoms with Crippen molar-refractivity contribution in [3.63, 3.8) is 0 Å². The summed E-state index contributed by atoms with van der Waals surface area (Å²) in [7, 11) is 0. The fourth-order valence-electron chi connectivity index (χ4n) is 7.84. The van der Waals surface area contributed by atoms with E-state index in [1.165, 1.54) is 180 Å². The van der Waals surface area contributed by atoms with Crippen molar-refractivity contribution in [2.45, 2.75) is 283 Å². The van der Waals surface area contributed by atoms with Crippen LogP contribution in [-0.4, -0.2) is 47.4 Å². The number of ether oxygens (including phenoxy) is 1. The first kappa shape index (κ1) is 58.1. The van der Waals surface area contributed by atoms with Gasteiger partial charge in [0.05, 0.1) is 25.4 Å². The fourth-order valence-corrected chi connectivity index (χ4v) is 7.84. The van der Waals surface area contributed by atoms with Gasteiger partial charge < -0.3 is 20.3 Å². The van der Waals surface area contributed by atoms with E-state index in [4.69, 9.17) is 4.74 Å². The lowest BCUT2D eigenvalue weighted by Crippen LogP contribution is -2.45. The molecule has 0 heterocycles. The molecule has 6 heteroatoms. The molecule has 0 bridgehead atoms. The molecule has 3 N–H and O–H groups in total. The average Bonchev–Trinajstić information content (AvgIpc) is 3.25. The van der Waals surface area contributed by atoms with Crippen LogP contribution in [0.3, 0.4) is 0 Å². The van der Waals surface area contributed by atoms with Crippen molar-refractivity contribution in [1.29, 1.82) is 0 Å². The molecule has 60 heavy (non-hydrogen) atoms. The molecule has 0 fully saturated rings. The van der Waals surface area contributed by atoms with Gasteiger partial charge in [0, 0.05) is 12.8 Å². The highest BCUT2D eigenvalue weighted by atomic mass is 16.5. The Morgan fingerprint density at radius 2 is 0.833 bits per heavy atom. The lowest BCUT2D eigenvalue weighted by molar-refractivity contribution is -0.143. The monoisotopic (exact) mass is 844 g/mol. The number of hydrogen-bond donors (Lipinski definition) is 3. The van der Waals surface area contributed by atoms with Crippen LogP contribution in [0.5, 0.6) is 0 Å². The number of esters is 1. The van der Waals surface area contributed by atoms with Crippen LogP contribution in [0, 0.1) is 0 Å². The highest BCUT2D eigenvalue weighted by molar-refractivity contribution is 5.76. The highest BCUT2D eigenvalue weighted by Crippen LogP contribution is 2.16. The SMILES string of the molecule is CCCCC/C=C\C/C=C\CCCCCCCCCCCC(=O)OCCCCCCCCCCCCCCCCCC(=O)NC(CO)C(O)/C=C/CCCCCCCCC. The lowest BCUT2D eigenvalue weighted by atomic mass is 10.0. The third-order valence-electron chi connectivity index (χ3n) is 11.9. The molecule has 1 amide bonds. The Bertz CT molecular complexity index is 977. The highest BCUT2D eigenvalue weighted by Gasteiger charge is 2.18. The molecule has 6 nitrogen and oxygen atoms in total. The molecule has 0 aliphatic rings. The number of hydrogen-bond acceptors (Lipinski definition) is 5. The molecule has 0 radical (unpaired) electrons. The Kier molecular flexibility index (Phi) is 48.1. The number of allylic oxidation sites excluding steroid dienone is 5. The maximum absolute atomic E-state index is 12.4. The summed E-state index contributed by atoms with van der Waals surface area (Å²) in [6, 6.07) is -0.632. The van der Waals surface area contributed by atoms with Gasteiger partial charge in [0.1, 0.15) is 0 Å². The molecule has 0 aliphatic heterocycles. The fraction of sp³-hybridized carbons (Fsp3) is 0.852. The topological polar surface area (TPSA) is 95.9 Å². The number of amides is 1. The van der Waals surface area contributed by atoms with Crippen molar-refractivity contribution in [2.24, 2.45) is 0 Å². The van der Waals surface area contributed by atoms with Gasteiger partial charge in [0.15, 0.2) is 0 Å². The predicted molar refractivity (Wildman–Crippen MR) is 259 cm³/mol. The number of aliphatic hydroxyl groups excluding tert-OH is 2. The Hall–Kier alpha value is -1.92. The smallest absolute Gasteiger partial charge is 0.305 e. The molecule has 0 saturated heterocycles. The molecule has 0 rings (SSSR count). The molecule has 0 aromatic rings. The van der Waals surface area contributed by atoms with E-state index in [1.54, 1.807) is 6.08 Å². The maximum Gasteiger partial charge on any atom is 0.305 e. The summed E-state index contributed by atoms with van der Waals surface area (Å²) in [6.07, 6.45) is 60.1. The minimum Gasteiger partial charge on any atom is -0.466 e. The van der Waals surface area contributed by atoms with Crippen molar-refractivity contribution < 1.29 is 24.5 Å². The van der Waals surface area contributed by atoms with Crippen molar-refractivity contribution >= 4 is 11.9 Å². The maximum atomic E-state index is 12.4. The average molecular weight is 844 g/mol. The third kappa shape index (κ3) is 45.6. The lowest BCUT2D eigenvalue weighted by Gasteiger charge is -2.20. The third-order valence-corrected chi connectivity index (χ3v) is 11.9. The number of carbonyl (C=O) groups excluding carboxylic acids is 2.